The zero-order chi connectivity index (χ0) is 28.2. The molecule has 13 nitrogen and oxygen atoms in total. The zero-order valence-electron chi connectivity index (χ0n) is 20.8. The minimum absolute atomic E-state index is 0.0931. The normalized spacial score (nSPS) is 12.0. The minimum atomic E-state index is -4.67. The molecule has 0 aliphatic carbocycles. The molecule has 0 fully saturated rings. The van der Waals surface area contributed by atoms with Crippen molar-refractivity contribution in [3.05, 3.63) is 48.0 Å². The van der Waals surface area contributed by atoms with Crippen LogP contribution in [-0.2, 0) is 25.0 Å². The van der Waals surface area contributed by atoms with Crippen molar-refractivity contribution in [2.75, 3.05) is 19.7 Å². The number of nitrogens with zero attached hydrogens (tertiary/aromatic N) is 4. The molecular formula is C23H28N6O7S2. The van der Waals surface area contributed by atoms with E-state index in [4.69, 9.17) is 30.1 Å². The van der Waals surface area contributed by atoms with Crippen LogP contribution in [0.4, 0.5) is 0 Å². The van der Waals surface area contributed by atoms with Crippen LogP contribution in [0, 0.1) is 29.6 Å². The Morgan fingerprint density at radius 3 is 2.24 bits per heavy atom. The maximum Gasteiger partial charge on any atom is 0.340 e. The van der Waals surface area contributed by atoms with E-state index in [-0.39, 0.29) is 43.4 Å². The Morgan fingerprint density at radius 1 is 1.03 bits per heavy atom. The first-order valence-electron chi connectivity index (χ1n) is 11.3. The molecule has 0 aliphatic rings. The first-order chi connectivity index (χ1) is 18.0. The van der Waals surface area contributed by atoms with Crippen molar-refractivity contribution in [2.24, 2.45) is 10.9 Å². The Hall–Kier alpha value is -3.89. The lowest BCUT2D eigenvalue weighted by Gasteiger charge is -2.21. The topological polar surface area (TPSA) is 197 Å². The molecule has 0 unspecified atom stereocenters. The van der Waals surface area contributed by atoms with Gasteiger partial charge in [0.15, 0.2) is 5.75 Å². The summed E-state index contributed by atoms with van der Waals surface area (Å²) in [5.41, 5.74) is 8.55. The monoisotopic (exact) mass is 564 g/mol. The van der Waals surface area contributed by atoms with Gasteiger partial charge in [-0.3, -0.25) is 4.84 Å². The van der Waals surface area contributed by atoms with Crippen molar-refractivity contribution in [1.29, 1.82) is 10.5 Å². The summed E-state index contributed by atoms with van der Waals surface area (Å²) < 4.78 is 59.3. The second kappa shape index (κ2) is 14.2. The van der Waals surface area contributed by atoms with Gasteiger partial charge >= 0.3 is 10.1 Å². The Morgan fingerprint density at radius 2 is 1.63 bits per heavy atom. The fourth-order valence-corrected chi connectivity index (χ4v) is 6.18. The third kappa shape index (κ3) is 8.60. The number of hydroxylamine groups is 1. The first-order valence-corrected chi connectivity index (χ1v) is 14.2. The maximum atomic E-state index is 13.3. The molecule has 0 amide bonds. The molecule has 0 saturated carbocycles. The van der Waals surface area contributed by atoms with Crippen LogP contribution >= 0.6 is 0 Å². The molecule has 0 heterocycles. The minimum Gasteiger partial charge on any atom is -0.379 e. The van der Waals surface area contributed by atoms with Crippen LogP contribution < -0.4 is 20.2 Å². The smallest absolute Gasteiger partial charge is 0.340 e. The number of oxime groups is 1. The molecule has 0 saturated heterocycles. The van der Waals surface area contributed by atoms with E-state index in [0.29, 0.717) is 12.2 Å². The lowest BCUT2D eigenvalue weighted by atomic mass is 10.2. The fourth-order valence-electron chi connectivity index (χ4n) is 3.04. The average Bonchev–Trinajstić information content (AvgIpc) is 2.87. The molecule has 0 radical (unpaired) electrons. The quantitative estimate of drug-likeness (QED) is 0.112. The zero-order valence-corrected chi connectivity index (χ0v) is 22.5. The standard InChI is InChI=1S/C23H28N6O7S2/c1-3-14-34-27-23(26)28-35-19-15-18(2)16-20(17-19)36-38(32,33)22-9-5-4-8-21(22)37(30,31)29(12-6-10-24)13-7-11-25/h4-5,8-9,15-17H,3,6-7,12-14H2,1-2H3,(H3,26,27,28). The number of rotatable bonds is 14. The van der Waals surface area contributed by atoms with Gasteiger partial charge in [-0.05, 0) is 48.3 Å². The van der Waals surface area contributed by atoms with Crippen molar-refractivity contribution in [3.63, 3.8) is 0 Å². The van der Waals surface area contributed by atoms with Crippen LogP contribution in [0.3, 0.4) is 0 Å². The van der Waals surface area contributed by atoms with Gasteiger partial charge in [0.1, 0.15) is 15.5 Å². The van der Waals surface area contributed by atoms with Gasteiger partial charge in [-0.25, -0.2) is 13.9 Å². The summed E-state index contributed by atoms with van der Waals surface area (Å²) >= 11 is 0. The van der Waals surface area contributed by atoms with E-state index in [1.54, 1.807) is 13.0 Å². The highest BCUT2D eigenvalue weighted by Gasteiger charge is 2.32. The fraction of sp³-hybridized carbons (Fsp3) is 0.348. The van der Waals surface area contributed by atoms with Gasteiger partial charge in [0.2, 0.25) is 10.0 Å². The summed E-state index contributed by atoms with van der Waals surface area (Å²) in [5.74, 6) is -0.246. The molecule has 3 N–H and O–H groups in total. The number of nitrogens with one attached hydrogen (secondary N) is 1. The van der Waals surface area contributed by atoms with Crippen molar-refractivity contribution >= 4 is 26.1 Å². The molecule has 2 aromatic rings. The van der Waals surface area contributed by atoms with Crippen LogP contribution in [0.25, 0.3) is 0 Å². The van der Waals surface area contributed by atoms with Crippen molar-refractivity contribution in [3.8, 4) is 23.6 Å². The van der Waals surface area contributed by atoms with Gasteiger partial charge in [-0.15, -0.1) is 0 Å². The van der Waals surface area contributed by atoms with Crippen LogP contribution in [-0.4, -0.2) is 46.8 Å². The predicted octanol–water partition coefficient (Wildman–Crippen LogP) is 2.12. The summed E-state index contributed by atoms with van der Waals surface area (Å²) in [4.78, 5) is 9.08. The molecule has 0 spiro atoms. The molecule has 2 aromatic carbocycles. The third-order valence-electron chi connectivity index (χ3n) is 4.64. The summed E-state index contributed by atoms with van der Waals surface area (Å²) in [7, 11) is -9.06. The number of hydrogen-bond acceptors (Lipinski definition) is 10. The Bertz CT molecular complexity index is 1410. The molecule has 0 aromatic heterocycles. The highest BCUT2D eigenvalue weighted by molar-refractivity contribution is 7.91. The van der Waals surface area contributed by atoms with Crippen LogP contribution in [0.15, 0.2) is 57.4 Å². The molecule has 204 valence electrons. The highest BCUT2D eigenvalue weighted by Crippen LogP contribution is 2.29. The Balaban J connectivity index is 2.37. The van der Waals surface area contributed by atoms with E-state index in [1.807, 2.05) is 19.1 Å². The SMILES string of the molecule is CCCONC(N)=NOc1cc(C)cc(OS(=O)(=O)c2ccccc2S(=O)(=O)N(CCC#N)CCC#N)c1. The molecule has 2 rings (SSSR count). The van der Waals surface area contributed by atoms with E-state index < -0.39 is 29.9 Å². The summed E-state index contributed by atoms with van der Waals surface area (Å²) in [6.07, 6.45) is 0.459. The van der Waals surface area contributed by atoms with E-state index in [9.17, 15) is 16.8 Å². The van der Waals surface area contributed by atoms with E-state index in [1.165, 1.54) is 24.3 Å². The number of nitriles is 2. The number of aryl methyl sites for hydroxylation is 1. The van der Waals surface area contributed by atoms with E-state index in [0.717, 1.165) is 22.9 Å². The van der Waals surface area contributed by atoms with E-state index >= 15 is 0 Å². The first kappa shape index (κ1) is 30.3. The van der Waals surface area contributed by atoms with E-state index in [2.05, 4.69) is 10.6 Å². The number of hydrogen-bond donors (Lipinski definition) is 2. The van der Waals surface area contributed by atoms with Crippen molar-refractivity contribution in [2.45, 2.75) is 42.9 Å². The lowest BCUT2D eigenvalue weighted by Crippen LogP contribution is -2.34. The number of benzene rings is 2. The van der Waals surface area contributed by atoms with Gasteiger partial charge < -0.3 is 14.8 Å². The number of nitrogens with two attached hydrogens (primary N) is 1. The highest BCUT2D eigenvalue weighted by atomic mass is 32.2. The van der Waals surface area contributed by atoms with Crippen LogP contribution in [0.1, 0.15) is 31.7 Å². The number of guanidine groups is 1. The van der Waals surface area contributed by atoms with Gasteiger partial charge in [-0.2, -0.15) is 23.2 Å². The van der Waals surface area contributed by atoms with Crippen molar-refractivity contribution < 1.29 is 30.7 Å². The van der Waals surface area contributed by atoms with Gasteiger partial charge in [0.25, 0.3) is 5.96 Å². The molecule has 15 heteroatoms. The third-order valence-corrected chi connectivity index (χ3v) is 8.04. The molecular weight excluding hydrogens is 536 g/mol. The van der Waals surface area contributed by atoms with Crippen LogP contribution in [0.5, 0.6) is 11.5 Å². The Kier molecular flexibility index (Phi) is 11.3. The maximum absolute atomic E-state index is 13.3. The molecule has 38 heavy (non-hydrogen) atoms. The average molecular weight is 565 g/mol. The summed E-state index contributed by atoms with van der Waals surface area (Å²) in [6, 6.07) is 12.8. The molecule has 0 atom stereocenters. The molecule has 0 bridgehead atoms. The van der Waals surface area contributed by atoms with Crippen LogP contribution in [0.2, 0.25) is 0 Å². The lowest BCUT2D eigenvalue weighted by molar-refractivity contribution is 0.0824. The summed E-state index contributed by atoms with van der Waals surface area (Å²) in [6.45, 7) is 3.53. The number of sulfonamides is 1. The second-order valence-corrected chi connectivity index (χ2v) is 11.1. The second-order valence-electron chi connectivity index (χ2n) is 7.70. The largest absolute Gasteiger partial charge is 0.379 e. The Labute approximate surface area is 222 Å². The summed E-state index contributed by atoms with van der Waals surface area (Å²) in [5, 5.41) is 21.4. The predicted molar refractivity (Wildman–Crippen MR) is 136 cm³/mol. The van der Waals surface area contributed by atoms with Gasteiger partial charge in [0.05, 0.1) is 18.7 Å². The van der Waals surface area contributed by atoms with Gasteiger partial charge in [0, 0.05) is 32.0 Å². The molecule has 0 aliphatic heterocycles. The van der Waals surface area contributed by atoms with Crippen molar-refractivity contribution in [1.82, 2.24) is 9.79 Å². The van der Waals surface area contributed by atoms with Gasteiger partial charge in [-0.1, -0.05) is 19.1 Å².